The molecule has 0 heterocycles. The van der Waals surface area contributed by atoms with Crippen LogP contribution in [0.25, 0.3) is 0 Å². The highest BCUT2D eigenvalue weighted by molar-refractivity contribution is 6.32. The molecule has 0 bridgehead atoms. The molecule has 2 unspecified atom stereocenters. The number of alkyl halides is 3. The minimum Gasteiger partial charge on any atom is -0.466 e. The summed E-state index contributed by atoms with van der Waals surface area (Å²) in [6.07, 6.45) is -0.668. The van der Waals surface area contributed by atoms with Crippen molar-refractivity contribution in [3.05, 3.63) is 11.1 Å². The Morgan fingerprint density at radius 2 is 1.76 bits per heavy atom. The predicted octanol–water partition coefficient (Wildman–Crippen LogP) is 1.93. The molecule has 1 rings (SSSR count). The molecule has 0 radical (unpaired) electrons. The Morgan fingerprint density at radius 1 is 1.29 bits per heavy atom. The van der Waals surface area contributed by atoms with Crippen molar-refractivity contribution in [3.63, 3.8) is 0 Å². The third-order valence-corrected chi connectivity index (χ3v) is 3.49. The number of methoxy groups -OCH3 is 2. The van der Waals surface area contributed by atoms with Crippen molar-refractivity contribution in [2.75, 3.05) is 14.2 Å². The van der Waals surface area contributed by atoms with Gasteiger partial charge in [-0.05, 0) is 0 Å². The molecule has 96 valence electrons. The van der Waals surface area contributed by atoms with Gasteiger partial charge in [-0.3, -0.25) is 0 Å². The van der Waals surface area contributed by atoms with Gasteiger partial charge in [-0.1, -0.05) is 11.6 Å². The lowest BCUT2D eigenvalue weighted by atomic mass is 9.89. The Kier molecular flexibility index (Phi) is 4.38. The summed E-state index contributed by atoms with van der Waals surface area (Å²) < 4.78 is 22.8. The maximum absolute atomic E-state index is 13.8. The first-order chi connectivity index (χ1) is 7.83. The zero-order valence-electron chi connectivity index (χ0n) is 9.26. The molecular weight excluding hydrogens is 274 g/mol. The molecule has 0 spiro atoms. The van der Waals surface area contributed by atoms with Gasteiger partial charge in [0.2, 0.25) is 5.13 Å². The number of carbonyl (C=O) groups is 2. The molecule has 17 heavy (non-hydrogen) atoms. The van der Waals surface area contributed by atoms with Crippen LogP contribution in [0, 0.1) is 0 Å². The van der Waals surface area contributed by atoms with Crippen molar-refractivity contribution < 1.29 is 23.5 Å². The first kappa shape index (κ1) is 14.3. The number of rotatable bonds is 2. The summed E-state index contributed by atoms with van der Waals surface area (Å²) in [6, 6.07) is 0. The molecular formula is C10H11Cl2FO4. The largest absolute Gasteiger partial charge is 0.466 e. The fourth-order valence-electron chi connectivity index (χ4n) is 1.55. The monoisotopic (exact) mass is 284 g/mol. The number of ether oxygens (including phenoxy) is 2. The normalized spacial score (nSPS) is 28.9. The van der Waals surface area contributed by atoms with E-state index in [1.807, 2.05) is 0 Å². The summed E-state index contributed by atoms with van der Waals surface area (Å²) in [6.45, 7) is 0. The molecule has 0 aliphatic heterocycles. The SMILES string of the molecule is COC(=O)C1=C(C(=O)OC)CC(F)(Cl)C(Cl)C1. The van der Waals surface area contributed by atoms with Gasteiger partial charge in [-0.25, -0.2) is 14.0 Å². The average Bonchev–Trinajstić information content (AvgIpc) is 2.30. The van der Waals surface area contributed by atoms with E-state index in [2.05, 4.69) is 9.47 Å². The molecule has 1 aliphatic carbocycles. The second-order valence-corrected chi connectivity index (χ2v) is 4.70. The van der Waals surface area contributed by atoms with Crippen LogP contribution >= 0.6 is 23.2 Å². The van der Waals surface area contributed by atoms with Gasteiger partial charge in [0.25, 0.3) is 0 Å². The second kappa shape index (κ2) is 5.23. The van der Waals surface area contributed by atoms with E-state index in [1.165, 1.54) is 0 Å². The third-order valence-electron chi connectivity index (χ3n) is 2.48. The summed E-state index contributed by atoms with van der Waals surface area (Å²) in [7, 11) is 2.29. The van der Waals surface area contributed by atoms with E-state index in [1.54, 1.807) is 0 Å². The van der Waals surface area contributed by atoms with E-state index in [4.69, 9.17) is 23.2 Å². The average molecular weight is 285 g/mol. The van der Waals surface area contributed by atoms with Crippen molar-refractivity contribution in [2.45, 2.75) is 23.3 Å². The van der Waals surface area contributed by atoms with Gasteiger partial charge in [0.15, 0.2) is 0 Å². The predicted molar refractivity (Wildman–Crippen MR) is 59.6 cm³/mol. The van der Waals surface area contributed by atoms with Crippen LogP contribution in [0.4, 0.5) is 4.39 Å². The van der Waals surface area contributed by atoms with Gasteiger partial charge in [0.1, 0.15) is 0 Å². The van der Waals surface area contributed by atoms with Crippen LogP contribution in [0.1, 0.15) is 12.8 Å². The number of carbonyl (C=O) groups excluding carboxylic acids is 2. The van der Waals surface area contributed by atoms with E-state index in [0.717, 1.165) is 14.2 Å². The van der Waals surface area contributed by atoms with E-state index < -0.39 is 28.9 Å². The second-order valence-electron chi connectivity index (χ2n) is 3.55. The van der Waals surface area contributed by atoms with Crippen molar-refractivity contribution in [3.8, 4) is 0 Å². The maximum Gasteiger partial charge on any atom is 0.334 e. The lowest BCUT2D eigenvalue weighted by Crippen LogP contribution is -2.36. The zero-order valence-corrected chi connectivity index (χ0v) is 10.8. The lowest BCUT2D eigenvalue weighted by molar-refractivity contribution is -0.140. The van der Waals surface area contributed by atoms with E-state index in [9.17, 15) is 14.0 Å². The highest BCUT2D eigenvalue weighted by atomic mass is 35.5. The molecule has 1 aliphatic rings. The molecule has 4 nitrogen and oxygen atoms in total. The number of esters is 2. The Bertz CT molecular complexity index is 379. The van der Waals surface area contributed by atoms with E-state index in [0.29, 0.717) is 0 Å². The van der Waals surface area contributed by atoms with Crippen LogP contribution < -0.4 is 0 Å². The topological polar surface area (TPSA) is 52.6 Å². The Hall–Kier alpha value is -0.810. The van der Waals surface area contributed by atoms with Crippen molar-refractivity contribution in [1.82, 2.24) is 0 Å². The van der Waals surface area contributed by atoms with Crippen LogP contribution in [-0.4, -0.2) is 36.7 Å². The first-order valence-corrected chi connectivity index (χ1v) is 5.55. The van der Waals surface area contributed by atoms with Crippen LogP contribution in [0.2, 0.25) is 0 Å². The summed E-state index contributed by atoms with van der Waals surface area (Å²) in [4.78, 5) is 22.9. The molecule has 0 aromatic heterocycles. The fraction of sp³-hybridized carbons (Fsp3) is 0.600. The van der Waals surface area contributed by atoms with Gasteiger partial charge in [0, 0.05) is 18.4 Å². The maximum atomic E-state index is 13.8. The smallest absolute Gasteiger partial charge is 0.334 e. The van der Waals surface area contributed by atoms with Gasteiger partial charge in [-0.15, -0.1) is 11.6 Å². The number of hydrogen-bond donors (Lipinski definition) is 0. The van der Waals surface area contributed by atoms with Crippen LogP contribution in [0.15, 0.2) is 11.1 Å². The van der Waals surface area contributed by atoms with Crippen LogP contribution in [0.5, 0.6) is 0 Å². The van der Waals surface area contributed by atoms with Crippen molar-refractivity contribution >= 4 is 35.1 Å². The van der Waals surface area contributed by atoms with E-state index in [-0.39, 0.29) is 17.6 Å². The standard InChI is InChI=1S/C10H11Cl2FO4/c1-16-8(14)5-3-7(11)10(12,13)4-6(5)9(15)17-2/h7H,3-4H2,1-2H3. The highest BCUT2D eigenvalue weighted by Gasteiger charge is 2.45. The number of hydrogen-bond acceptors (Lipinski definition) is 4. The number of halogens is 3. The molecule has 0 saturated heterocycles. The molecule has 0 aromatic carbocycles. The summed E-state index contributed by atoms with van der Waals surface area (Å²) in [5.74, 6) is -1.54. The molecule has 0 saturated carbocycles. The quantitative estimate of drug-likeness (QED) is 0.574. The van der Waals surface area contributed by atoms with E-state index >= 15 is 0 Å². The molecule has 7 heteroatoms. The van der Waals surface area contributed by atoms with Crippen LogP contribution in [0.3, 0.4) is 0 Å². The summed E-state index contributed by atoms with van der Waals surface area (Å²) >= 11 is 11.3. The van der Waals surface area contributed by atoms with Gasteiger partial charge < -0.3 is 9.47 Å². The third kappa shape index (κ3) is 2.90. The van der Waals surface area contributed by atoms with Gasteiger partial charge in [-0.2, -0.15) is 0 Å². The molecule has 0 N–H and O–H groups in total. The first-order valence-electron chi connectivity index (χ1n) is 4.74. The van der Waals surface area contributed by atoms with Crippen molar-refractivity contribution in [2.24, 2.45) is 0 Å². The zero-order chi connectivity index (χ0) is 13.2. The molecule has 0 fully saturated rings. The summed E-state index contributed by atoms with van der Waals surface area (Å²) in [5.41, 5.74) is -0.123. The molecule has 0 aromatic rings. The molecule has 2 atom stereocenters. The highest BCUT2D eigenvalue weighted by Crippen LogP contribution is 2.42. The Labute approximate surface area is 108 Å². The van der Waals surface area contributed by atoms with Gasteiger partial charge in [0.05, 0.1) is 25.2 Å². The van der Waals surface area contributed by atoms with Crippen LogP contribution in [-0.2, 0) is 19.1 Å². The molecule has 0 amide bonds. The van der Waals surface area contributed by atoms with Gasteiger partial charge >= 0.3 is 11.9 Å². The van der Waals surface area contributed by atoms with Crippen molar-refractivity contribution in [1.29, 1.82) is 0 Å². The minimum atomic E-state index is -2.28. The summed E-state index contributed by atoms with van der Waals surface area (Å²) in [5, 5.41) is -3.38. The fourth-order valence-corrected chi connectivity index (χ4v) is 2.00. The lowest BCUT2D eigenvalue weighted by Gasteiger charge is -2.30. The Balaban J connectivity index is 3.18. The Morgan fingerprint density at radius 3 is 2.24 bits per heavy atom. The minimum absolute atomic E-state index is 0.00766.